The molecule has 1 aromatic heterocycles. The molecule has 0 saturated carbocycles. The van der Waals surface area contributed by atoms with E-state index in [1.54, 1.807) is 0 Å². The molecule has 1 aromatic rings. The molecule has 1 saturated heterocycles. The van der Waals surface area contributed by atoms with E-state index in [9.17, 15) is 28.3 Å². The van der Waals surface area contributed by atoms with Crippen LogP contribution in [-0.4, -0.2) is 67.5 Å². The second-order valence-corrected chi connectivity index (χ2v) is 5.53. The zero-order valence-corrected chi connectivity index (χ0v) is 13.1. The molecule has 2 heterocycles. The van der Waals surface area contributed by atoms with Gasteiger partial charge in [-0.25, -0.2) is 4.79 Å². The highest BCUT2D eigenvalue weighted by Gasteiger charge is 2.59. The van der Waals surface area contributed by atoms with Gasteiger partial charge < -0.3 is 31.1 Å². The van der Waals surface area contributed by atoms with Crippen LogP contribution in [0.5, 0.6) is 0 Å². The maximum Gasteiger partial charge on any atom is 0.351 e. The normalized spacial score (nSPS) is 25.7. The number of carbonyl (C=O) groups excluding carboxylic acids is 1. The van der Waals surface area contributed by atoms with Crippen LogP contribution in [0.4, 0.5) is 14.6 Å². The lowest BCUT2D eigenvalue weighted by Crippen LogP contribution is -2.42. The number of anilines is 1. The highest BCUT2D eigenvalue weighted by Crippen LogP contribution is 2.41. The van der Waals surface area contributed by atoms with Gasteiger partial charge in [-0.15, -0.1) is 0 Å². The molecule has 11 nitrogen and oxygen atoms in total. The van der Waals surface area contributed by atoms with Gasteiger partial charge in [-0.05, 0) is 6.07 Å². The second kappa shape index (κ2) is 7.41. The number of carboxylic acids is 1. The van der Waals surface area contributed by atoms with Gasteiger partial charge in [-0.2, -0.15) is 13.8 Å². The van der Waals surface area contributed by atoms with Crippen molar-refractivity contribution in [1.29, 1.82) is 0 Å². The Balaban J connectivity index is 2.16. The van der Waals surface area contributed by atoms with E-state index in [0.717, 1.165) is 12.3 Å². The maximum atomic E-state index is 14.0. The van der Waals surface area contributed by atoms with Crippen LogP contribution in [0.1, 0.15) is 12.6 Å². The van der Waals surface area contributed by atoms with Crippen LogP contribution < -0.4 is 16.7 Å². The summed E-state index contributed by atoms with van der Waals surface area (Å²) < 4.78 is 33.3. The lowest BCUT2D eigenvalue weighted by atomic mass is 10.1. The van der Waals surface area contributed by atoms with Crippen molar-refractivity contribution in [3.05, 3.63) is 22.7 Å². The van der Waals surface area contributed by atoms with Gasteiger partial charge in [-0.1, -0.05) is 0 Å². The largest absolute Gasteiger partial charge is 0.480 e. The van der Waals surface area contributed by atoms with E-state index in [1.165, 1.54) is 0 Å². The summed E-state index contributed by atoms with van der Waals surface area (Å²) in [6, 6.07) is -0.457. The van der Waals surface area contributed by atoms with Crippen molar-refractivity contribution in [3.8, 4) is 0 Å². The summed E-state index contributed by atoms with van der Waals surface area (Å²) in [5.74, 6) is -6.42. The fourth-order valence-corrected chi connectivity index (χ4v) is 2.26. The minimum atomic E-state index is -3.86. The summed E-state index contributed by atoms with van der Waals surface area (Å²) >= 11 is 0. The molecule has 13 heteroatoms. The first-order valence-electron chi connectivity index (χ1n) is 7.27. The molecule has 2 unspecified atom stereocenters. The van der Waals surface area contributed by atoms with E-state index in [4.69, 9.17) is 20.7 Å². The quantitative estimate of drug-likeness (QED) is 0.370. The Morgan fingerprint density at radius 3 is 2.65 bits per heavy atom. The number of nitrogens with one attached hydrogen (secondary N) is 1. The molecule has 0 bridgehead atoms. The van der Waals surface area contributed by atoms with Crippen molar-refractivity contribution < 1.29 is 38.4 Å². The molecule has 6 N–H and O–H groups in total. The number of carboxylic acid groups (broad SMARTS) is 1. The fourth-order valence-electron chi connectivity index (χ4n) is 2.26. The number of nitrogens with zero attached hydrogens (tertiary/aromatic N) is 2. The van der Waals surface area contributed by atoms with E-state index >= 15 is 0 Å². The number of alkyl halides is 2. The van der Waals surface area contributed by atoms with Gasteiger partial charge in [0.05, 0.1) is 13.0 Å². The van der Waals surface area contributed by atoms with E-state index in [0.29, 0.717) is 4.57 Å². The molecule has 26 heavy (non-hydrogen) atoms. The van der Waals surface area contributed by atoms with Crippen LogP contribution >= 0.6 is 0 Å². The van der Waals surface area contributed by atoms with Crippen molar-refractivity contribution >= 4 is 17.7 Å². The van der Waals surface area contributed by atoms with E-state index < -0.39 is 61.0 Å². The Hall–Kier alpha value is -2.48. The molecular weight excluding hydrogens is 362 g/mol. The Labute approximate surface area is 144 Å². The van der Waals surface area contributed by atoms with Crippen molar-refractivity contribution in [2.45, 2.75) is 36.8 Å². The highest BCUT2D eigenvalue weighted by atomic mass is 19.3. The number of aliphatic carboxylic acids is 1. The fraction of sp³-hybridized carbons (Fsp3) is 0.538. The van der Waals surface area contributed by atoms with E-state index in [-0.39, 0.29) is 5.82 Å². The molecule has 0 radical (unpaired) electrons. The summed E-state index contributed by atoms with van der Waals surface area (Å²) in [6.07, 6.45) is -5.83. The number of hydrogen-bond acceptors (Lipinski definition) is 8. The summed E-state index contributed by atoms with van der Waals surface area (Å²) in [7, 11) is 0. The van der Waals surface area contributed by atoms with Gasteiger partial charge in [0.15, 0.2) is 6.10 Å². The van der Waals surface area contributed by atoms with Gasteiger partial charge in [0.2, 0.25) is 12.1 Å². The number of carbonyl (C=O) groups is 2. The molecule has 0 aromatic carbocycles. The Kier molecular flexibility index (Phi) is 5.65. The number of ether oxygens (including phenoxy) is 1. The summed E-state index contributed by atoms with van der Waals surface area (Å²) in [5.41, 5.74) is 3.96. The van der Waals surface area contributed by atoms with Crippen molar-refractivity contribution in [1.82, 2.24) is 9.55 Å². The van der Waals surface area contributed by atoms with Crippen molar-refractivity contribution in [2.24, 2.45) is 5.73 Å². The molecule has 0 spiro atoms. The van der Waals surface area contributed by atoms with Crippen molar-refractivity contribution in [3.63, 3.8) is 0 Å². The Bertz CT molecular complexity index is 756. The lowest BCUT2D eigenvalue weighted by molar-refractivity contribution is -0.141. The van der Waals surface area contributed by atoms with Gasteiger partial charge in [-0.3, -0.25) is 14.2 Å². The molecule has 0 aliphatic carbocycles. The molecule has 2 rings (SSSR count). The zero-order valence-electron chi connectivity index (χ0n) is 13.1. The lowest BCUT2D eigenvalue weighted by Gasteiger charge is -2.21. The van der Waals surface area contributed by atoms with E-state index in [1.807, 2.05) is 0 Å². The summed E-state index contributed by atoms with van der Waals surface area (Å²) in [6.45, 7) is -0.882. The topological polar surface area (TPSA) is 177 Å². The number of rotatable bonds is 6. The van der Waals surface area contributed by atoms with Gasteiger partial charge in [0.1, 0.15) is 18.0 Å². The third-order valence-corrected chi connectivity index (χ3v) is 3.63. The Morgan fingerprint density at radius 1 is 1.50 bits per heavy atom. The highest BCUT2D eigenvalue weighted by molar-refractivity contribution is 5.93. The third-order valence-electron chi connectivity index (χ3n) is 3.63. The number of amides is 1. The molecular formula is C13H16F2N4O7. The number of aliphatic hydroxyl groups excluding tert-OH is 2. The zero-order chi connectivity index (χ0) is 19.6. The molecule has 144 valence electrons. The van der Waals surface area contributed by atoms with Gasteiger partial charge in [0, 0.05) is 6.20 Å². The summed E-state index contributed by atoms with van der Waals surface area (Å²) in [4.78, 5) is 37.5. The molecule has 1 aliphatic rings. The van der Waals surface area contributed by atoms with Crippen LogP contribution in [0, 0.1) is 0 Å². The first-order chi connectivity index (χ1) is 12.1. The summed E-state index contributed by atoms with van der Waals surface area (Å²) in [5, 5.41) is 29.1. The van der Waals surface area contributed by atoms with Crippen LogP contribution in [0.25, 0.3) is 0 Å². The number of aromatic nitrogens is 2. The predicted molar refractivity (Wildman–Crippen MR) is 79.3 cm³/mol. The molecule has 1 fully saturated rings. The monoisotopic (exact) mass is 378 g/mol. The molecule has 1 aliphatic heterocycles. The van der Waals surface area contributed by atoms with Crippen LogP contribution in [0.15, 0.2) is 17.1 Å². The van der Waals surface area contributed by atoms with Crippen LogP contribution in [0.3, 0.4) is 0 Å². The molecule has 1 amide bonds. The van der Waals surface area contributed by atoms with Crippen molar-refractivity contribution in [2.75, 3.05) is 11.9 Å². The average molecular weight is 378 g/mol. The Morgan fingerprint density at radius 2 is 2.15 bits per heavy atom. The van der Waals surface area contributed by atoms with Gasteiger partial charge >= 0.3 is 17.6 Å². The first-order valence-corrected chi connectivity index (χ1v) is 7.27. The van der Waals surface area contributed by atoms with Crippen LogP contribution in [-0.2, 0) is 14.3 Å². The smallest absolute Gasteiger partial charge is 0.351 e. The number of aliphatic hydroxyl groups is 2. The van der Waals surface area contributed by atoms with E-state index in [2.05, 4.69) is 10.3 Å². The standard InChI is InChI=1S/C13H16F2N4O7/c14-13(15)9(22)6(4-20)26-11(13)19-2-1-7(18-12(19)25)17-8(21)3-5(16)10(23)24/h1-2,5-6,9,11,20,22H,3-4,16H2,(H,23,24)(H,17,18,21,25)/t5?,6?,9-,11+/m0/s1. The van der Waals surface area contributed by atoms with Crippen LogP contribution in [0.2, 0.25) is 0 Å². The average Bonchev–Trinajstić information content (AvgIpc) is 2.77. The minimum Gasteiger partial charge on any atom is -0.480 e. The number of nitrogens with two attached hydrogens (primary N) is 1. The minimum absolute atomic E-state index is 0.311. The SMILES string of the molecule is NC(CC(=O)Nc1ccn([C@@H]2OC(CO)[C@H](O)C2(F)F)c(=O)n1)C(=O)O. The first kappa shape index (κ1) is 19.8. The maximum absolute atomic E-state index is 14.0. The van der Waals surface area contributed by atoms with Gasteiger partial charge in [0.25, 0.3) is 0 Å². The number of hydrogen-bond donors (Lipinski definition) is 5. The molecule has 4 atom stereocenters. The predicted octanol–water partition coefficient (Wildman–Crippen LogP) is -2.13. The number of halogens is 2. The second-order valence-electron chi connectivity index (χ2n) is 5.53. The third kappa shape index (κ3) is 3.85.